The highest BCUT2D eigenvalue weighted by molar-refractivity contribution is 6.42. The van der Waals surface area contributed by atoms with Gasteiger partial charge in [0.05, 0.1) is 21.2 Å². The van der Waals surface area contributed by atoms with Crippen LogP contribution in [0.2, 0.25) is 10.0 Å². The quantitative estimate of drug-likeness (QED) is 0.674. The SMILES string of the molecule is O=C(Nc1ccc(Cl)c(Cl)c1)C1(c2cc(-c3ccccc3)on2)CC1. The lowest BCUT2D eigenvalue weighted by atomic mass is 10.00. The molecule has 4 rings (SSSR count). The maximum Gasteiger partial charge on any atom is 0.236 e. The molecule has 1 fully saturated rings. The van der Waals surface area contributed by atoms with Gasteiger partial charge in [0.25, 0.3) is 0 Å². The lowest BCUT2D eigenvalue weighted by Crippen LogP contribution is -2.28. The van der Waals surface area contributed by atoms with E-state index in [9.17, 15) is 4.79 Å². The molecule has 1 amide bonds. The smallest absolute Gasteiger partial charge is 0.236 e. The summed E-state index contributed by atoms with van der Waals surface area (Å²) < 4.78 is 5.44. The predicted octanol–water partition coefficient (Wildman–Crippen LogP) is 5.32. The second-order valence-electron chi connectivity index (χ2n) is 6.11. The van der Waals surface area contributed by atoms with Gasteiger partial charge in [-0.05, 0) is 31.0 Å². The normalized spacial score (nSPS) is 15.0. The summed E-state index contributed by atoms with van der Waals surface area (Å²) in [6.07, 6.45) is 1.47. The molecular weight excluding hydrogens is 359 g/mol. The fourth-order valence-electron chi connectivity index (χ4n) is 2.79. The lowest BCUT2D eigenvalue weighted by molar-refractivity contribution is -0.118. The number of hydrogen-bond donors (Lipinski definition) is 1. The Morgan fingerprint density at radius 2 is 1.80 bits per heavy atom. The van der Waals surface area contributed by atoms with Crippen LogP contribution in [0.15, 0.2) is 59.1 Å². The number of hydrogen-bond acceptors (Lipinski definition) is 3. The Bertz CT molecular complexity index is 934. The minimum Gasteiger partial charge on any atom is -0.356 e. The first-order valence-corrected chi connectivity index (χ1v) is 8.63. The van der Waals surface area contributed by atoms with E-state index in [1.54, 1.807) is 18.2 Å². The van der Waals surface area contributed by atoms with Crippen LogP contribution in [0.25, 0.3) is 11.3 Å². The number of nitrogens with zero attached hydrogens (tertiary/aromatic N) is 1. The molecule has 1 N–H and O–H groups in total. The number of amides is 1. The zero-order chi connectivity index (χ0) is 17.4. The molecule has 1 aromatic heterocycles. The monoisotopic (exact) mass is 372 g/mol. The summed E-state index contributed by atoms with van der Waals surface area (Å²) in [5.41, 5.74) is 1.56. The van der Waals surface area contributed by atoms with Gasteiger partial charge in [0, 0.05) is 17.3 Å². The summed E-state index contributed by atoms with van der Waals surface area (Å²) >= 11 is 11.9. The number of nitrogens with one attached hydrogen (secondary N) is 1. The first-order valence-electron chi connectivity index (χ1n) is 7.88. The van der Waals surface area contributed by atoms with E-state index in [1.165, 1.54) is 0 Å². The molecule has 1 aliphatic carbocycles. The van der Waals surface area contributed by atoms with Gasteiger partial charge in [-0.25, -0.2) is 0 Å². The van der Waals surface area contributed by atoms with Crippen LogP contribution < -0.4 is 5.32 Å². The van der Waals surface area contributed by atoms with E-state index in [2.05, 4.69) is 10.5 Å². The fraction of sp³-hybridized carbons (Fsp3) is 0.158. The second kappa shape index (κ2) is 6.21. The van der Waals surface area contributed by atoms with E-state index in [-0.39, 0.29) is 5.91 Å². The Kier molecular flexibility index (Phi) is 4.02. The van der Waals surface area contributed by atoms with Crippen molar-refractivity contribution in [3.63, 3.8) is 0 Å². The molecule has 2 aromatic carbocycles. The molecule has 1 saturated carbocycles. The number of rotatable bonds is 4. The van der Waals surface area contributed by atoms with Crippen LogP contribution in [-0.4, -0.2) is 11.1 Å². The van der Waals surface area contributed by atoms with Gasteiger partial charge in [-0.2, -0.15) is 0 Å². The first kappa shape index (κ1) is 16.2. The van der Waals surface area contributed by atoms with Crippen molar-refractivity contribution in [1.82, 2.24) is 5.16 Å². The zero-order valence-corrected chi connectivity index (χ0v) is 14.6. The van der Waals surface area contributed by atoms with Crippen LogP contribution in [0.5, 0.6) is 0 Å². The molecule has 4 nitrogen and oxygen atoms in total. The van der Waals surface area contributed by atoms with Crippen LogP contribution in [0.3, 0.4) is 0 Å². The highest BCUT2D eigenvalue weighted by Crippen LogP contribution is 2.49. The van der Waals surface area contributed by atoms with Gasteiger partial charge in [0.2, 0.25) is 5.91 Å². The topological polar surface area (TPSA) is 55.1 Å². The van der Waals surface area contributed by atoms with Crippen molar-refractivity contribution in [3.8, 4) is 11.3 Å². The van der Waals surface area contributed by atoms with Crippen LogP contribution in [0.4, 0.5) is 5.69 Å². The molecule has 1 aliphatic rings. The third-order valence-corrected chi connectivity index (χ3v) is 5.16. The molecule has 0 aliphatic heterocycles. The molecule has 6 heteroatoms. The number of aromatic nitrogens is 1. The summed E-state index contributed by atoms with van der Waals surface area (Å²) in [7, 11) is 0. The third-order valence-electron chi connectivity index (χ3n) is 4.42. The molecule has 0 saturated heterocycles. The van der Waals surface area contributed by atoms with E-state index in [1.807, 2.05) is 36.4 Å². The summed E-state index contributed by atoms with van der Waals surface area (Å²) in [5.74, 6) is 0.544. The molecule has 3 aromatic rings. The van der Waals surface area contributed by atoms with Gasteiger partial charge in [-0.15, -0.1) is 0 Å². The van der Waals surface area contributed by atoms with E-state index >= 15 is 0 Å². The maximum absolute atomic E-state index is 12.8. The van der Waals surface area contributed by atoms with Gasteiger partial charge in [-0.3, -0.25) is 4.79 Å². The molecule has 0 atom stereocenters. The number of anilines is 1. The molecule has 0 radical (unpaired) electrons. The van der Waals surface area contributed by atoms with Crippen LogP contribution in [-0.2, 0) is 10.2 Å². The van der Waals surface area contributed by atoms with Crippen LogP contribution in [0.1, 0.15) is 18.5 Å². The average Bonchev–Trinajstić information content (AvgIpc) is 3.29. The molecule has 0 bridgehead atoms. The van der Waals surface area contributed by atoms with Crippen LogP contribution >= 0.6 is 23.2 Å². The average molecular weight is 373 g/mol. The standard InChI is InChI=1S/C19H14Cl2N2O2/c20-14-7-6-13(10-15(14)21)22-18(24)19(8-9-19)17-11-16(25-23-17)12-4-2-1-3-5-12/h1-7,10-11H,8-9H2,(H,22,24). The van der Waals surface area contributed by atoms with Crippen molar-refractivity contribution in [3.05, 3.63) is 70.3 Å². The first-order chi connectivity index (χ1) is 12.1. The zero-order valence-electron chi connectivity index (χ0n) is 13.1. The number of carbonyl (C=O) groups excluding carboxylic acids is 1. The summed E-state index contributed by atoms with van der Waals surface area (Å²) in [4.78, 5) is 12.8. The van der Waals surface area contributed by atoms with Crippen molar-refractivity contribution in [2.75, 3.05) is 5.32 Å². The van der Waals surface area contributed by atoms with E-state index in [0.717, 1.165) is 18.4 Å². The number of benzene rings is 2. The fourth-order valence-corrected chi connectivity index (χ4v) is 3.09. The summed E-state index contributed by atoms with van der Waals surface area (Å²) in [6.45, 7) is 0. The highest BCUT2D eigenvalue weighted by atomic mass is 35.5. The largest absolute Gasteiger partial charge is 0.356 e. The molecule has 0 spiro atoms. The van der Waals surface area contributed by atoms with Gasteiger partial charge in [0.15, 0.2) is 5.76 Å². The molecule has 126 valence electrons. The van der Waals surface area contributed by atoms with Crippen molar-refractivity contribution in [2.45, 2.75) is 18.3 Å². The Labute approximate surface area is 154 Å². The second-order valence-corrected chi connectivity index (χ2v) is 6.92. The summed E-state index contributed by atoms with van der Waals surface area (Å²) in [6, 6.07) is 16.5. The Morgan fingerprint density at radius 1 is 1.04 bits per heavy atom. The number of halogens is 2. The van der Waals surface area contributed by atoms with Gasteiger partial charge in [-0.1, -0.05) is 58.7 Å². The van der Waals surface area contributed by atoms with Crippen molar-refractivity contribution in [2.24, 2.45) is 0 Å². The Hall–Kier alpha value is -2.30. The minimum atomic E-state index is -0.636. The van der Waals surface area contributed by atoms with E-state index in [0.29, 0.717) is 27.2 Å². The van der Waals surface area contributed by atoms with Gasteiger partial charge < -0.3 is 9.84 Å². The van der Waals surface area contributed by atoms with Crippen molar-refractivity contribution < 1.29 is 9.32 Å². The van der Waals surface area contributed by atoms with Gasteiger partial charge >= 0.3 is 0 Å². The van der Waals surface area contributed by atoms with Gasteiger partial charge in [0.1, 0.15) is 0 Å². The highest BCUT2D eigenvalue weighted by Gasteiger charge is 2.53. The minimum absolute atomic E-state index is 0.112. The maximum atomic E-state index is 12.8. The Balaban J connectivity index is 1.56. The lowest BCUT2D eigenvalue weighted by Gasteiger charge is -2.12. The summed E-state index contributed by atoms with van der Waals surface area (Å²) in [5, 5.41) is 7.88. The van der Waals surface area contributed by atoms with Crippen molar-refractivity contribution in [1.29, 1.82) is 0 Å². The molecule has 0 unspecified atom stereocenters. The van der Waals surface area contributed by atoms with Crippen molar-refractivity contribution >= 4 is 34.8 Å². The van der Waals surface area contributed by atoms with E-state index < -0.39 is 5.41 Å². The molecule has 1 heterocycles. The van der Waals surface area contributed by atoms with Crippen LogP contribution in [0, 0.1) is 0 Å². The Morgan fingerprint density at radius 3 is 2.48 bits per heavy atom. The van der Waals surface area contributed by atoms with E-state index in [4.69, 9.17) is 27.7 Å². The third kappa shape index (κ3) is 3.03. The number of carbonyl (C=O) groups is 1. The molecular formula is C19H14Cl2N2O2. The predicted molar refractivity (Wildman–Crippen MR) is 97.9 cm³/mol. The molecule has 25 heavy (non-hydrogen) atoms.